The van der Waals surface area contributed by atoms with E-state index < -0.39 is 0 Å². The lowest BCUT2D eigenvalue weighted by molar-refractivity contribution is 0.586. The Hall–Kier alpha value is -2.17. The van der Waals surface area contributed by atoms with Gasteiger partial charge < -0.3 is 0 Å². The molecule has 5 heteroatoms. The van der Waals surface area contributed by atoms with Gasteiger partial charge in [0.15, 0.2) is 0 Å². The summed E-state index contributed by atoms with van der Waals surface area (Å²) in [6, 6.07) is 6.21. The number of benzene rings is 1. The van der Waals surface area contributed by atoms with Gasteiger partial charge in [0.2, 0.25) is 0 Å². The highest BCUT2D eigenvalue weighted by Crippen LogP contribution is 2.20. The normalized spacial score (nSPS) is 17.0. The van der Waals surface area contributed by atoms with E-state index in [0.717, 1.165) is 24.2 Å². The molecule has 1 N–H and O–H groups in total. The molecule has 3 rings (SSSR count). The molecule has 1 fully saturated rings. The van der Waals surface area contributed by atoms with Crippen LogP contribution in [0.25, 0.3) is 5.69 Å². The number of hydrogen-bond donors (Lipinski definition) is 1. The number of aliphatic imine (C=N–C) groups is 1. The molecule has 24 heavy (non-hydrogen) atoms. The number of aromatic amines is 1. The van der Waals surface area contributed by atoms with Crippen LogP contribution < -0.4 is 5.56 Å². The molecular formula is C19H24FN3O. The maximum Gasteiger partial charge on any atom is 0.280 e. The molecule has 1 aromatic carbocycles. The van der Waals surface area contributed by atoms with E-state index in [1.54, 1.807) is 12.1 Å². The highest BCUT2D eigenvalue weighted by molar-refractivity contribution is 5.99. The minimum absolute atomic E-state index is 0.131. The second-order valence-corrected chi connectivity index (χ2v) is 6.59. The van der Waals surface area contributed by atoms with E-state index in [4.69, 9.17) is 4.99 Å². The van der Waals surface area contributed by atoms with Gasteiger partial charge in [0.25, 0.3) is 5.56 Å². The van der Waals surface area contributed by atoms with E-state index in [1.807, 2.05) is 13.8 Å². The van der Waals surface area contributed by atoms with Crippen LogP contribution in [-0.2, 0) is 0 Å². The van der Waals surface area contributed by atoms with Gasteiger partial charge >= 0.3 is 0 Å². The molecule has 1 saturated carbocycles. The maximum atomic E-state index is 13.1. The summed E-state index contributed by atoms with van der Waals surface area (Å²) < 4.78 is 14.5. The van der Waals surface area contributed by atoms with Gasteiger partial charge in [0, 0.05) is 11.4 Å². The SMILES string of the molecule is CC(=NC1CCCCCC1)c1c(C)[nH]n(-c2ccc(F)cc2)c1=O. The van der Waals surface area contributed by atoms with Crippen LogP contribution in [0.2, 0.25) is 0 Å². The average molecular weight is 329 g/mol. The van der Waals surface area contributed by atoms with Crippen LogP contribution in [0.5, 0.6) is 0 Å². The van der Waals surface area contributed by atoms with Crippen molar-refractivity contribution < 1.29 is 4.39 Å². The van der Waals surface area contributed by atoms with E-state index in [-0.39, 0.29) is 11.4 Å². The zero-order valence-corrected chi connectivity index (χ0v) is 14.3. The molecule has 0 spiro atoms. The third-order valence-electron chi connectivity index (χ3n) is 4.72. The largest absolute Gasteiger partial charge is 0.295 e. The molecule has 1 aliphatic rings. The Labute approximate surface area is 141 Å². The van der Waals surface area contributed by atoms with Crippen molar-refractivity contribution in [1.29, 1.82) is 0 Å². The Bertz CT molecular complexity index is 778. The van der Waals surface area contributed by atoms with Crippen LogP contribution in [0.4, 0.5) is 4.39 Å². The second kappa shape index (κ2) is 7.16. The van der Waals surface area contributed by atoms with Gasteiger partial charge in [0.1, 0.15) is 5.82 Å². The van der Waals surface area contributed by atoms with Crippen molar-refractivity contribution in [3.8, 4) is 5.69 Å². The van der Waals surface area contributed by atoms with E-state index in [0.29, 0.717) is 17.3 Å². The van der Waals surface area contributed by atoms with Gasteiger partial charge in [-0.25, -0.2) is 9.07 Å². The van der Waals surface area contributed by atoms with Crippen molar-refractivity contribution in [2.24, 2.45) is 4.99 Å². The van der Waals surface area contributed by atoms with E-state index >= 15 is 0 Å². The summed E-state index contributed by atoms with van der Waals surface area (Å²) in [6.45, 7) is 3.79. The third-order valence-corrected chi connectivity index (χ3v) is 4.72. The van der Waals surface area contributed by atoms with Gasteiger partial charge in [-0.1, -0.05) is 25.7 Å². The zero-order chi connectivity index (χ0) is 17.1. The number of halogens is 1. The lowest BCUT2D eigenvalue weighted by atomic mass is 10.1. The lowest BCUT2D eigenvalue weighted by Crippen LogP contribution is -2.20. The monoisotopic (exact) mass is 329 g/mol. The first-order valence-electron chi connectivity index (χ1n) is 8.68. The standard InChI is InChI=1S/C19H24FN3O/c1-13(21-16-7-5-3-4-6-8-16)18-14(2)22-23(19(18)24)17-11-9-15(20)10-12-17/h9-12,16,22H,3-8H2,1-2H3. The second-order valence-electron chi connectivity index (χ2n) is 6.59. The molecule has 1 aliphatic carbocycles. The number of nitrogens with zero attached hydrogens (tertiary/aromatic N) is 2. The van der Waals surface area contributed by atoms with Gasteiger partial charge in [-0.15, -0.1) is 0 Å². The maximum absolute atomic E-state index is 13.1. The number of aryl methyl sites for hydroxylation is 1. The molecule has 0 saturated heterocycles. The minimum Gasteiger partial charge on any atom is -0.295 e. The average Bonchev–Trinajstić information content (AvgIpc) is 2.73. The molecule has 0 atom stereocenters. The molecule has 1 aromatic heterocycles. The summed E-state index contributed by atoms with van der Waals surface area (Å²) in [5, 5.41) is 3.08. The molecule has 0 bridgehead atoms. The third kappa shape index (κ3) is 3.50. The molecule has 0 aliphatic heterocycles. The smallest absolute Gasteiger partial charge is 0.280 e. The molecule has 0 unspecified atom stereocenters. The van der Waals surface area contributed by atoms with Crippen LogP contribution in [-0.4, -0.2) is 21.5 Å². The highest BCUT2D eigenvalue weighted by atomic mass is 19.1. The van der Waals surface area contributed by atoms with E-state index in [2.05, 4.69) is 5.10 Å². The van der Waals surface area contributed by atoms with Crippen molar-refractivity contribution in [3.63, 3.8) is 0 Å². The van der Waals surface area contributed by atoms with Crippen LogP contribution >= 0.6 is 0 Å². The Morgan fingerprint density at radius 2 is 1.79 bits per heavy atom. The summed E-state index contributed by atoms with van der Waals surface area (Å²) in [6.07, 6.45) is 7.21. The molecule has 1 heterocycles. The Morgan fingerprint density at radius 3 is 2.42 bits per heavy atom. The van der Waals surface area contributed by atoms with Gasteiger partial charge in [-0.2, -0.15) is 0 Å². The van der Waals surface area contributed by atoms with Crippen molar-refractivity contribution in [1.82, 2.24) is 9.78 Å². The predicted octanol–water partition coefficient (Wildman–Crippen LogP) is 4.14. The van der Waals surface area contributed by atoms with Crippen molar-refractivity contribution in [3.05, 3.63) is 51.7 Å². The van der Waals surface area contributed by atoms with Crippen LogP contribution in [0, 0.1) is 12.7 Å². The number of H-pyrrole nitrogens is 1. The van der Waals surface area contributed by atoms with Crippen molar-refractivity contribution in [2.45, 2.75) is 58.4 Å². The molecule has 128 valence electrons. The molecule has 0 radical (unpaired) electrons. The molecule has 4 nitrogen and oxygen atoms in total. The Kier molecular flexibility index (Phi) is 4.97. The predicted molar refractivity (Wildman–Crippen MR) is 94.8 cm³/mol. The van der Waals surface area contributed by atoms with Gasteiger partial charge in [-0.3, -0.25) is 14.9 Å². The number of aromatic nitrogens is 2. The summed E-state index contributed by atoms with van der Waals surface area (Å²) in [4.78, 5) is 17.6. The lowest BCUT2D eigenvalue weighted by Gasteiger charge is -2.09. The van der Waals surface area contributed by atoms with Crippen molar-refractivity contribution in [2.75, 3.05) is 0 Å². The first-order valence-corrected chi connectivity index (χ1v) is 8.68. The fraction of sp³-hybridized carbons (Fsp3) is 0.474. The van der Waals surface area contributed by atoms with Gasteiger partial charge in [-0.05, 0) is 51.0 Å². The van der Waals surface area contributed by atoms with E-state index in [9.17, 15) is 9.18 Å². The topological polar surface area (TPSA) is 50.1 Å². The summed E-state index contributed by atoms with van der Waals surface area (Å²) in [5.74, 6) is -0.318. The zero-order valence-electron chi connectivity index (χ0n) is 14.3. The molecular weight excluding hydrogens is 305 g/mol. The van der Waals surface area contributed by atoms with Crippen LogP contribution in [0.15, 0.2) is 34.1 Å². The van der Waals surface area contributed by atoms with E-state index in [1.165, 1.54) is 42.5 Å². The summed E-state index contributed by atoms with van der Waals surface area (Å²) in [5.41, 5.74) is 2.70. The number of rotatable bonds is 3. The number of nitrogens with one attached hydrogen (secondary N) is 1. The molecule has 2 aromatic rings. The molecule has 0 amide bonds. The summed E-state index contributed by atoms with van der Waals surface area (Å²) in [7, 11) is 0. The van der Waals surface area contributed by atoms with Crippen LogP contribution in [0.3, 0.4) is 0 Å². The number of hydrogen-bond acceptors (Lipinski definition) is 2. The minimum atomic E-state index is -0.318. The first kappa shape index (κ1) is 16.7. The Morgan fingerprint density at radius 1 is 1.17 bits per heavy atom. The fourth-order valence-corrected chi connectivity index (χ4v) is 3.47. The van der Waals surface area contributed by atoms with Gasteiger partial charge in [0.05, 0.1) is 17.3 Å². The first-order chi connectivity index (χ1) is 11.6. The fourth-order valence-electron chi connectivity index (χ4n) is 3.47. The summed E-state index contributed by atoms with van der Waals surface area (Å²) >= 11 is 0. The Balaban J connectivity index is 1.93. The van der Waals surface area contributed by atoms with Crippen molar-refractivity contribution >= 4 is 5.71 Å². The van der Waals surface area contributed by atoms with Crippen LogP contribution in [0.1, 0.15) is 56.7 Å². The quantitative estimate of drug-likeness (QED) is 0.667. The highest BCUT2D eigenvalue weighted by Gasteiger charge is 2.17.